The third-order valence-corrected chi connectivity index (χ3v) is 4.62. The fourth-order valence-corrected chi connectivity index (χ4v) is 3.23. The van der Waals surface area contributed by atoms with Gasteiger partial charge in [0.25, 0.3) is 0 Å². The Labute approximate surface area is 117 Å². The van der Waals surface area contributed by atoms with Crippen molar-refractivity contribution in [1.82, 2.24) is 15.1 Å². The Morgan fingerprint density at radius 3 is 2.47 bits per heavy atom. The number of nitrogens with one attached hydrogen (secondary N) is 1. The summed E-state index contributed by atoms with van der Waals surface area (Å²) in [5, 5.41) is 3.16. The van der Waals surface area contributed by atoms with Gasteiger partial charge in [0.05, 0.1) is 6.04 Å². The lowest BCUT2D eigenvalue weighted by Gasteiger charge is -2.27. The van der Waals surface area contributed by atoms with Gasteiger partial charge in [-0.3, -0.25) is 9.69 Å². The molecule has 0 unspecified atom stereocenters. The fraction of sp³-hybridized carbons (Fsp3) is 0.933. The smallest absolute Gasteiger partial charge is 0.237 e. The quantitative estimate of drug-likeness (QED) is 0.834. The number of hydrogen-bond acceptors (Lipinski definition) is 3. The molecular formula is C15H29N3O. The monoisotopic (exact) mass is 267 g/mol. The molecule has 0 saturated carbocycles. The highest BCUT2D eigenvalue weighted by Crippen LogP contribution is 2.14. The van der Waals surface area contributed by atoms with Crippen molar-refractivity contribution in [2.45, 2.75) is 45.1 Å². The number of hydrogen-bond donors (Lipinski definition) is 1. The molecule has 2 fully saturated rings. The molecule has 2 atom stereocenters. The summed E-state index contributed by atoms with van der Waals surface area (Å²) in [5.41, 5.74) is 0. The highest BCUT2D eigenvalue weighted by Gasteiger charge is 2.24. The Morgan fingerprint density at radius 1 is 1.21 bits per heavy atom. The van der Waals surface area contributed by atoms with Crippen LogP contribution < -0.4 is 5.32 Å². The minimum absolute atomic E-state index is 0.0391. The zero-order chi connectivity index (χ0) is 13.7. The minimum atomic E-state index is 0.0391. The average molecular weight is 267 g/mol. The van der Waals surface area contributed by atoms with E-state index in [4.69, 9.17) is 0 Å². The first-order valence-corrected chi connectivity index (χ1v) is 7.87. The summed E-state index contributed by atoms with van der Waals surface area (Å²) in [5.74, 6) is 0.863. The summed E-state index contributed by atoms with van der Waals surface area (Å²) in [6.45, 7) is 7.37. The van der Waals surface area contributed by atoms with Crippen LogP contribution in [-0.4, -0.2) is 61.5 Å². The number of rotatable bonds is 4. The first-order valence-electron chi connectivity index (χ1n) is 7.87. The molecule has 2 aliphatic rings. The average Bonchev–Trinajstić information content (AvgIpc) is 2.67. The molecule has 0 bridgehead atoms. The van der Waals surface area contributed by atoms with Crippen LogP contribution in [0.4, 0.5) is 0 Å². The van der Waals surface area contributed by atoms with Crippen LogP contribution in [0, 0.1) is 5.92 Å². The van der Waals surface area contributed by atoms with Gasteiger partial charge in [0, 0.05) is 13.1 Å². The molecule has 2 rings (SSSR count). The summed E-state index contributed by atoms with van der Waals surface area (Å²) in [6, 6.07) is 0.0391. The van der Waals surface area contributed by atoms with Gasteiger partial charge in [-0.25, -0.2) is 0 Å². The van der Waals surface area contributed by atoms with Gasteiger partial charge in [0.15, 0.2) is 0 Å². The van der Waals surface area contributed by atoms with E-state index in [9.17, 15) is 4.79 Å². The van der Waals surface area contributed by atoms with Gasteiger partial charge in [-0.2, -0.15) is 0 Å². The maximum atomic E-state index is 12.2. The maximum Gasteiger partial charge on any atom is 0.237 e. The molecule has 110 valence electrons. The topological polar surface area (TPSA) is 35.6 Å². The van der Waals surface area contributed by atoms with Gasteiger partial charge in [-0.15, -0.1) is 0 Å². The van der Waals surface area contributed by atoms with Gasteiger partial charge in [0.1, 0.15) is 0 Å². The third kappa shape index (κ3) is 4.46. The van der Waals surface area contributed by atoms with Gasteiger partial charge in [0.2, 0.25) is 5.91 Å². The molecule has 0 aliphatic carbocycles. The Morgan fingerprint density at radius 2 is 1.89 bits per heavy atom. The van der Waals surface area contributed by atoms with Crippen molar-refractivity contribution in [3.63, 3.8) is 0 Å². The first-order chi connectivity index (χ1) is 9.16. The molecular weight excluding hydrogens is 238 g/mol. The van der Waals surface area contributed by atoms with Crippen molar-refractivity contribution in [2.24, 2.45) is 5.92 Å². The zero-order valence-electron chi connectivity index (χ0n) is 12.5. The molecule has 0 radical (unpaired) electrons. The van der Waals surface area contributed by atoms with E-state index >= 15 is 0 Å². The summed E-state index contributed by atoms with van der Waals surface area (Å²) >= 11 is 0. The van der Waals surface area contributed by atoms with Crippen molar-refractivity contribution in [1.29, 1.82) is 0 Å². The summed E-state index contributed by atoms with van der Waals surface area (Å²) in [4.78, 5) is 16.9. The van der Waals surface area contributed by atoms with Crippen LogP contribution in [0.5, 0.6) is 0 Å². The number of carbonyl (C=O) groups excluding carboxylic acids is 1. The number of nitrogens with zero attached hydrogens (tertiary/aromatic N) is 2. The fourth-order valence-electron chi connectivity index (χ4n) is 3.23. The van der Waals surface area contributed by atoms with Gasteiger partial charge >= 0.3 is 0 Å². The molecule has 0 aromatic heterocycles. The lowest BCUT2D eigenvalue weighted by Crippen LogP contribution is -2.46. The van der Waals surface area contributed by atoms with Crippen molar-refractivity contribution >= 4 is 5.91 Å². The largest absolute Gasteiger partial charge is 0.354 e. The predicted molar refractivity (Wildman–Crippen MR) is 78.1 cm³/mol. The number of likely N-dealkylation sites (tertiary alicyclic amines) is 2. The second kappa shape index (κ2) is 7.25. The van der Waals surface area contributed by atoms with E-state index in [1.54, 1.807) is 0 Å². The Bertz CT molecular complexity index is 287. The number of amides is 1. The lowest BCUT2D eigenvalue weighted by atomic mass is 10.1. The highest BCUT2D eigenvalue weighted by atomic mass is 16.2. The second-order valence-electron chi connectivity index (χ2n) is 6.29. The zero-order valence-corrected chi connectivity index (χ0v) is 12.5. The third-order valence-electron chi connectivity index (χ3n) is 4.62. The summed E-state index contributed by atoms with van der Waals surface area (Å²) in [6.07, 6.45) is 6.34. The van der Waals surface area contributed by atoms with E-state index < -0.39 is 0 Å². The van der Waals surface area contributed by atoms with Crippen LogP contribution in [0.15, 0.2) is 0 Å². The van der Waals surface area contributed by atoms with Crippen LogP contribution in [0.2, 0.25) is 0 Å². The second-order valence-corrected chi connectivity index (χ2v) is 6.29. The van der Waals surface area contributed by atoms with E-state index in [-0.39, 0.29) is 11.9 Å². The molecule has 19 heavy (non-hydrogen) atoms. The molecule has 0 spiro atoms. The minimum Gasteiger partial charge on any atom is -0.354 e. The van der Waals surface area contributed by atoms with Crippen molar-refractivity contribution in [3.05, 3.63) is 0 Å². The molecule has 4 nitrogen and oxygen atoms in total. The van der Waals surface area contributed by atoms with E-state index in [0.29, 0.717) is 5.92 Å². The predicted octanol–water partition coefficient (Wildman–Crippen LogP) is 1.32. The van der Waals surface area contributed by atoms with E-state index in [1.807, 2.05) is 0 Å². The van der Waals surface area contributed by atoms with Crippen molar-refractivity contribution in [2.75, 3.05) is 39.8 Å². The maximum absolute atomic E-state index is 12.2. The highest BCUT2D eigenvalue weighted by molar-refractivity contribution is 5.81. The molecule has 2 heterocycles. The molecule has 2 saturated heterocycles. The number of carbonyl (C=O) groups is 1. The SMILES string of the molecule is C[C@H](C(=O)NC[C@H]1CCN(C)C1)N1CCCCCC1. The molecule has 1 amide bonds. The van der Waals surface area contributed by atoms with Gasteiger partial charge < -0.3 is 10.2 Å². The van der Waals surface area contributed by atoms with Gasteiger partial charge in [-0.1, -0.05) is 12.8 Å². The van der Waals surface area contributed by atoms with Crippen LogP contribution >= 0.6 is 0 Å². The Kier molecular flexibility index (Phi) is 5.64. The summed E-state index contributed by atoms with van der Waals surface area (Å²) < 4.78 is 0. The standard InChI is InChI=1S/C15H29N3O/c1-13(18-8-5-3-4-6-9-18)15(19)16-11-14-7-10-17(2)12-14/h13-14H,3-12H2,1-2H3,(H,16,19)/t13-,14-/m1/s1. The Balaban J connectivity index is 1.72. The molecule has 0 aromatic rings. The van der Waals surface area contributed by atoms with Crippen LogP contribution in [-0.2, 0) is 4.79 Å². The van der Waals surface area contributed by atoms with E-state index in [0.717, 1.165) is 26.2 Å². The molecule has 2 aliphatic heterocycles. The van der Waals surface area contributed by atoms with Crippen LogP contribution in [0.25, 0.3) is 0 Å². The molecule has 4 heteroatoms. The Hall–Kier alpha value is -0.610. The van der Waals surface area contributed by atoms with Gasteiger partial charge in [-0.05, 0) is 58.8 Å². The van der Waals surface area contributed by atoms with E-state index in [1.165, 1.54) is 38.6 Å². The molecule has 0 aromatic carbocycles. The van der Waals surface area contributed by atoms with Crippen molar-refractivity contribution in [3.8, 4) is 0 Å². The van der Waals surface area contributed by atoms with E-state index in [2.05, 4.69) is 29.1 Å². The first kappa shape index (κ1) is 14.8. The van der Waals surface area contributed by atoms with Crippen LogP contribution in [0.1, 0.15) is 39.0 Å². The normalized spacial score (nSPS) is 28.0. The van der Waals surface area contributed by atoms with Crippen LogP contribution in [0.3, 0.4) is 0 Å². The lowest BCUT2D eigenvalue weighted by molar-refractivity contribution is -0.126. The van der Waals surface area contributed by atoms with Crippen molar-refractivity contribution < 1.29 is 4.79 Å². The summed E-state index contributed by atoms with van der Waals surface area (Å²) in [7, 11) is 2.15. The molecule has 1 N–H and O–H groups in total.